The fourth-order valence-corrected chi connectivity index (χ4v) is 3.29. The van der Waals surface area contributed by atoms with E-state index in [4.69, 9.17) is 9.66 Å². The Morgan fingerprint density at radius 1 is 0.826 bits per heavy atom. The zero-order valence-corrected chi connectivity index (χ0v) is 14.6. The van der Waals surface area contributed by atoms with Crippen LogP contribution < -0.4 is 0 Å². The summed E-state index contributed by atoms with van der Waals surface area (Å²) in [6, 6.07) is 0. The van der Waals surface area contributed by atoms with Crippen LogP contribution in [0.15, 0.2) is 0 Å². The number of hydrogen-bond acceptors (Lipinski definition) is 3. The number of carboxylic acid groups (broad SMARTS) is 1. The van der Waals surface area contributed by atoms with Crippen LogP contribution in [0.1, 0.15) is 90.4 Å². The number of carbonyl (C=O) groups is 1. The summed E-state index contributed by atoms with van der Waals surface area (Å²) >= 11 is 0. The summed E-state index contributed by atoms with van der Waals surface area (Å²) in [6.45, 7) is 2.22. The van der Waals surface area contributed by atoms with Gasteiger partial charge in [0.2, 0.25) is 0 Å². The summed E-state index contributed by atoms with van der Waals surface area (Å²) in [7, 11) is -4.48. The molecular weight excluding hydrogens is 327 g/mol. The molecule has 0 saturated heterocycles. The van der Waals surface area contributed by atoms with E-state index < -0.39 is 21.3 Å². The van der Waals surface area contributed by atoms with Gasteiger partial charge in [-0.1, -0.05) is 84.0 Å². The van der Waals surface area contributed by atoms with E-state index in [1.165, 1.54) is 51.4 Å². The van der Waals surface area contributed by atoms with Crippen LogP contribution in [0.5, 0.6) is 0 Å². The Bertz CT molecular complexity index is 384. The average molecular weight is 360 g/mol. The fraction of sp³-hybridized carbons (Fsp3) is 0.938. The Morgan fingerprint density at radius 2 is 1.17 bits per heavy atom. The molecule has 2 N–H and O–H groups in total. The molecule has 0 aliphatic heterocycles. The zero-order valence-electron chi connectivity index (χ0n) is 13.8. The van der Waals surface area contributed by atoms with Gasteiger partial charge in [-0.15, -0.1) is 0 Å². The summed E-state index contributed by atoms with van der Waals surface area (Å²) in [5.41, 5.74) is 0. The first-order chi connectivity index (χ1) is 10.4. The molecule has 0 aliphatic rings. The van der Waals surface area contributed by atoms with Crippen LogP contribution in [-0.4, -0.2) is 58.9 Å². The molecule has 0 spiro atoms. The van der Waals surface area contributed by atoms with Crippen LogP contribution in [-0.2, 0) is 14.9 Å². The number of unbranched alkanes of at least 4 members (excludes halogenated alkanes) is 11. The third-order valence-electron chi connectivity index (χ3n) is 3.95. The first-order valence-corrected chi connectivity index (χ1v) is 10.1. The van der Waals surface area contributed by atoms with Gasteiger partial charge in [0.15, 0.2) is 5.25 Å². The van der Waals surface area contributed by atoms with E-state index in [0.717, 1.165) is 19.3 Å². The van der Waals surface area contributed by atoms with Gasteiger partial charge in [-0.05, 0) is 6.42 Å². The van der Waals surface area contributed by atoms with E-state index in [1.807, 2.05) is 0 Å². The third-order valence-corrected chi connectivity index (χ3v) is 5.11. The molecule has 0 bridgehead atoms. The monoisotopic (exact) mass is 360 g/mol. The first kappa shape index (κ1) is 25.6. The average Bonchev–Trinajstić information content (AvgIpc) is 2.42. The Kier molecular flexibility index (Phi) is 17.7. The molecule has 1 atom stereocenters. The fourth-order valence-electron chi connectivity index (χ4n) is 2.57. The molecule has 0 aromatic carbocycles. The van der Waals surface area contributed by atoms with E-state index in [0.29, 0.717) is 6.42 Å². The van der Waals surface area contributed by atoms with Gasteiger partial charge in [0, 0.05) is 0 Å². The Balaban J connectivity index is 0. The van der Waals surface area contributed by atoms with Gasteiger partial charge in [0.1, 0.15) is 0 Å². The molecule has 0 heterocycles. The van der Waals surface area contributed by atoms with Crippen molar-refractivity contribution in [3.63, 3.8) is 0 Å². The zero-order chi connectivity index (χ0) is 16.8. The van der Waals surface area contributed by atoms with Crippen LogP contribution in [0.4, 0.5) is 0 Å². The molecule has 0 fully saturated rings. The normalized spacial score (nSPS) is 12.6. The van der Waals surface area contributed by atoms with Crippen LogP contribution in [0.2, 0.25) is 0 Å². The van der Waals surface area contributed by atoms with Crippen LogP contribution >= 0.6 is 0 Å². The molecule has 0 amide bonds. The number of carboxylic acids is 1. The molecule has 0 aromatic heterocycles. The van der Waals surface area contributed by atoms with Crippen molar-refractivity contribution in [1.82, 2.24) is 0 Å². The van der Waals surface area contributed by atoms with E-state index in [1.54, 1.807) is 0 Å². The third kappa shape index (κ3) is 15.6. The number of hydrogen-bond donors (Lipinski definition) is 2. The topological polar surface area (TPSA) is 91.7 Å². The standard InChI is InChI=1S/C16H32O5S.Na.H/c1-2-3-4-5-6-7-8-9-10-11-12-13-14-15(16(17)18)22(19,20)21;;/h15H,2-14H2,1H3,(H,17,18)(H,19,20,21);;. The molecule has 0 aromatic rings. The molecule has 134 valence electrons. The Morgan fingerprint density at radius 3 is 1.48 bits per heavy atom. The van der Waals surface area contributed by atoms with Crippen molar-refractivity contribution < 1.29 is 22.9 Å². The molecule has 0 radical (unpaired) electrons. The molecule has 7 heteroatoms. The van der Waals surface area contributed by atoms with Crippen molar-refractivity contribution in [3.8, 4) is 0 Å². The minimum atomic E-state index is -4.48. The van der Waals surface area contributed by atoms with Gasteiger partial charge in [0.25, 0.3) is 10.1 Å². The minimum absolute atomic E-state index is 0. The van der Waals surface area contributed by atoms with Crippen molar-refractivity contribution in [2.45, 2.75) is 95.6 Å². The quantitative estimate of drug-likeness (QED) is 0.263. The predicted octanol–water partition coefficient (Wildman–Crippen LogP) is 3.77. The van der Waals surface area contributed by atoms with E-state index >= 15 is 0 Å². The summed E-state index contributed by atoms with van der Waals surface area (Å²) in [5, 5.41) is 7.08. The summed E-state index contributed by atoms with van der Waals surface area (Å²) in [6.07, 6.45) is 13.8. The second-order valence-electron chi connectivity index (χ2n) is 6.02. The summed E-state index contributed by atoms with van der Waals surface area (Å²) < 4.78 is 30.6. The van der Waals surface area contributed by atoms with Gasteiger partial charge in [0.05, 0.1) is 0 Å². The maximum atomic E-state index is 10.9. The molecule has 0 saturated carbocycles. The number of rotatable bonds is 15. The van der Waals surface area contributed by atoms with Crippen molar-refractivity contribution >= 4 is 45.6 Å². The molecule has 0 rings (SSSR count). The van der Waals surface area contributed by atoms with Crippen molar-refractivity contribution in [2.75, 3.05) is 0 Å². The van der Waals surface area contributed by atoms with Crippen molar-refractivity contribution in [1.29, 1.82) is 0 Å². The van der Waals surface area contributed by atoms with Crippen LogP contribution in [0.3, 0.4) is 0 Å². The van der Waals surface area contributed by atoms with E-state index in [2.05, 4.69) is 6.92 Å². The summed E-state index contributed by atoms with van der Waals surface area (Å²) in [4.78, 5) is 10.7. The number of aliphatic carboxylic acids is 1. The maximum absolute atomic E-state index is 10.9. The second kappa shape index (κ2) is 15.9. The molecular formula is C16H33NaO5S. The second-order valence-corrected chi connectivity index (χ2v) is 7.62. The molecule has 23 heavy (non-hydrogen) atoms. The molecule has 1 unspecified atom stereocenters. The summed E-state index contributed by atoms with van der Waals surface area (Å²) in [5.74, 6) is -1.47. The van der Waals surface area contributed by atoms with E-state index in [9.17, 15) is 13.2 Å². The predicted molar refractivity (Wildman–Crippen MR) is 95.8 cm³/mol. The van der Waals surface area contributed by atoms with Crippen LogP contribution in [0, 0.1) is 0 Å². The Hall–Kier alpha value is 0.380. The molecule has 5 nitrogen and oxygen atoms in total. The van der Waals surface area contributed by atoms with Crippen LogP contribution in [0.25, 0.3) is 0 Å². The van der Waals surface area contributed by atoms with Crippen molar-refractivity contribution in [2.24, 2.45) is 0 Å². The molecule has 0 aliphatic carbocycles. The van der Waals surface area contributed by atoms with Gasteiger partial charge in [-0.3, -0.25) is 9.35 Å². The van der Waals surface area contributed by atoms with Gasteiger partial charge >= 0.3 is 35.5 Å². The first-order valence-electron chi connectivity index (χ1n) is 8.58. The van der Waals surface area contributed by atoms with Crippen molar-refractivity contribution in [3.05, 3.63) is 0 Å². The van der Waals surface area contributed by atoms with Gasteiger partial charge in [-0.2, -0.15) is 8.42 Å². The van der Waals surface area contributed by atoms with E-state index in [-0.39, 0.29) is 36.0 Å². The van der Waals surface area contributed by atoms with Gasteiger partial charge in [-0.25, -0.2) is 0 Å². The van der Waals surface area contributed by atoms with Gasteiger partial charge < -0.3 is 5.11 Å². The SMILES string of the molecule is CCCCCCCCCCCCCCC(C(=O)O)S(=O)(=O)O.[NaH]. The Labute approximate surface area is 163 Å².